The van der Waals surface area contributed by atoms with E-state index in [1.165, 1.54) is 0 Å². The molecule has 0 aliphatic heterocycles. The summed E-state index contributed by atoms with van der Waals surface area (Å²) in [6.45, 7) is 1.97. The summed E-state index contributed by atoms with van der Waals surface area (Å²) < 4.78 is 0. The Morgan fingerprint density at radius 3 is 2.90 bits per heavy atom. The van der Waals surface area contributed by atoms with Crippen molar-refractivity contribution in [1.82, 2.24) is 0 Å². The smallest absolute Gasteiger partial charge is 0.134 e. The zero-order valence-electron chi connectivity index (χ0n) is 6.52. The van der Waals surface area contributed by atoms with E-state index < -0.39 is 0 Å². The highest BCUT2D eigenvalue weighted by molar-refractivity contribution is 5.79. The molecule has 10 heavy (non-hydrogen) atoms. The molecule has 1 atom stereocenters. The highest BCUT2D eigenvalue weighted by atomic mass is 16.1. The Morgan fingerprint density at radius 2 is 2.20 bits per heavy atom. The SMILES string of the molecule is CC1(N)CCCCC(=O)C1. The molecular formula is C8H15NO. The summed E-state index contributed by atoms with van der Waals surface area (Å²) >= 11 is 0. The average Bonchev–Trinajstić information content (AvgIpc) is 1.90. The maximum Gasteiger partial charge on any atom is 0.134 e. The summed E-state index contributed by atoms with van der Waals surface area (Å²) in [6.07, 6.45) is 4.46. The van der Waals surface area contributed by atoms with Gasteiger partial charge in [-0.15, -0.1) is 0 Å². The lowest BCUT2D eigenvalue weighted by atomic mass is 9.94. The van der Waals surface area contributed by atoms with Gasteiger partial charge in [-0.3, -0.25) is 4.79 Å². The fraction of sp³-hybridized carbons (Fsp3) is 0.875. The summed E-state index contributed by atoms with van der Waals surface area (Å²) in [4.78, 5) is 11.0. The van der Waals surface area contributed by atoms with Gasteiger partial charge in [0.25, 0.3) is 0 Å². The van der Waals surface area contributed by atoms with Gasteiger partial charge in [0.1, 0.15) is 5.78 Å². The Kier molecular flexibility index (Phi) is 2.09. The summed E-state index contributed by atoms with van der Waals surface area (Å²) in [5.74, 6) is 0.336. The van der Waals surface area contributed by atoms with Gasteiger partial charge in [-0.25, -0.2) is 0 Å². The molecule has 0 radical (unpaired) electrons. The number of nitrogens with two attached hydrogens (primary N) is 1. The lowest BCUT2D eigenvalue weighted by molar-refractivity contribution is -0.119. The van der Waals surface area contributed by atoms with Crippen LogP contribution in [0.25, 0.3) is 0 Å². The zero-order valence-corrected chi connectivity index (χ0v) is 6.52. The van der Waals surface area contributed by atoms with Crippen molar-refractivity contribution < 1.29 is 4.79 Å². The van der Waals surface area contributed by atoms with E-state index in [2.05, 4.69) is 0 Å². The van der Waals surface area contributed by atoms with Crippen molar-refractivity contribution in [3.05, 3.63) is 0 Å². The maximum atomic E-state index is 11.0. The lowest BCUT2D eigenvalue weighted by Gasteiger charge is -2.20. The number of rotatable bonds is 0. The standard InChI is InChI=1S/C8H15NO/c1-8(9)5-3-2-4-7(10)6-8/h2-6,9H2,1H3. The Labute approximate surface area is 61.8 Å². The topological polar surface area (TPSA) is 43.1 Å². The number of carbonyl (C=O) groups is 1. The summed E-state index contributed by atoms with van der Waals surface area (Å²) in [7, 11) is 0. The van der Waals surface area contributed by atoms with Crippen molar-refractivity contribution in [2.24, 2.45) is 5.73 Å². The molecule has 0 aromatic heterocycles. The second kappa shape index (κ2) is 2.70. The number of carbonyl (C=O) groups excluding carboxylic acids is 1. The molecule has 1 rings (SSSR count). The van der Waals surface area contributed by atoms with Crippen LogP contribution in [-0.2, 0) is 4.79 Å². The molecule has 0 spiro atoms. The Morgan fingerprint density at radius 1 is 1.50 bits per heavy atom. The molecule has 0 heterocycles. The first-order valence-corrected chi connectivity index (χ1v) is 3.91. The van der Waals surface area contributed by atoms with Crippen molar-refractivity contribution in [2.75, 3.05) is 0 Å². The molecule has 1 fully saturated rings. The number of ketones is 1. The minimum atomic E-state index is -0.215. The van der Waals surface area contributed by atoms with E-state index in [9.17, 15) is 4.79 Å². The third-order valence-corrected chi connectivity index (χ3v) is 2.05. The predicted molar refractivity (Wildman–Crippen MR) is 40.7 cm³/mol. The molecule has 2 heteroatoms. The molecule has 1 aliphatic rings. The van der Waals surface area contributed by atoms with E-state index in [4.69, 9.17) is 5.73 Å². The van der Waals surface area contributed by atoms with Crippen LogP contribution in [-0.4, -0.2) is 11.3 Å². The Bertz CT molecular complexity index is 140. The van der Waals surface area contributed by atoms with E-state index in [1.807, 2.05) is 6.92 Å². The summed E-state index contributed by atoms with van der Waals surface area (Å²) in [5.41, 5.74) is 5.63. The van der Waals surface area contributed by atoms with Crippen LogP contribution in [0.4, 0.5) is 0 Å². The van der Waals surface area contributed by atoms with Crippen molar-refractivity contribution >= 4 is 5.78 Å². The third-order valence-electron chi connectivity index (χ3n) is 2.05. The normalized spacial score (nSPS) is 35.6. The van der Waals surface area contributed by atoms with Crippen LogP contribution in [0, 0.1) is 0 Å². The van der Waals surface area contributed by atoms with E-state index in [0.717, 1.165) is 25.7 Å². The first kappa shape index (κ1) is 7.73. The summed E-state index contributed by atoms with van der Waals surface area (Å²) in [5, 5.41) is 0. The average molecular weight is 141 g/mol. The quantitative estimate of drug-likeness (QED) is 0.516. The van der Waals surface area contributed by atoms with Gasteiger partial charge < -0.3 is 5.73 Å². The molecule has 58 valence electrons. The summed E-state index contributed by atoms with van der Waals surface area (Å²) in [6, 6.07) is 0. The van der Waals surface area contributed by atoms with Gasteiger partial charge >= 0.3 is 0 Å². The molecule has 0 amide bonds. The van der Waals surface area contributed by atoms with Crippen LogP contribution >= 0.6 is 0 Å². The Balaban J connectivity index is 2.54. The van der Waals surface area contributed by atoms with Crippen molar-refractivity contribution in [3.8, 4) is 0 Å². The highest BCUT2D eigenvalue weighted by Crippen LogP contribution is 2.21. The molecule has 2 nitrogen and oxygen atoms in total. The van der Waals surface area contributed by atoms with Crippen LogP contribution in [0.1, 0.15) is 39.0 Å². The van der Waals surface area contributed by atoms with Gasteiger partial charge in [-0.1, -0.05) is 6.42 Å². The molecule has 1 saturated carbocycles. The van der Waals surface area contributed by atoms with Crippen LogP contribution in [0.5, 0.6) is 0 Å². The first-order valence-electron chi connectivity index (χ1n) is 3.91. The van der Waals surface area contributed by atoms with E-state index in [1.54, 1.807) is 0 Å². The monoisotopic (exact) mass is 141 g/mol. The van der Waals surface area contributed by atoms with Crippen molar-refractivity contribution in [1.29, 1.82) is 0 Å². The number of Topliss-reactive ketones (excluding diaryl/α,β-unsaturated/α-hetero) is 1. The molecule has 2 N–H and O–H groups in total. The minimum Gasteiger partial charge on any atom is -0.325 e. The number of hydrogen-bond donors (Lipinski definition) is 1. The second-order valence-corrected chi connectivity index (χ2v) is 3.58. The molecule has 0 saturated heterocycles. The largest absolute Gasteiger partial charge is 0.325 e. The van der Waals surface area contributed by atoms with Gasteiger partial charge in [-0.05, 0) is 19.8 Å². The fourth-order valence-electron chi connectivity index (χ4n) is 1.48. The van der Waals surface area contributed by atoms with Crippen LogP contribution < -0.4 is 5.73 Å². The minimum absolute atomic E-state index is 0.215. The van der Waals surface area contributed by atoms with E-state index in [0.29, 0.717) is 12.2 Å². The highest BCUT2D eigenvalue weighted by Gasteiger charge is 2.24. The number of hydrogen-bond acceptors (Lipinski definition) is 2. The van der Waals surface area contributed by atoms with Crippen molar-refractivity contribution in [3.63, 3.8) is 0 Å². The van der Waals surface area contributed by atoms with Gasteiger partial charge in [0.15, 0.2) is 0 Å². The van der Waals surface area contributed by atoms with Gasteiger partial charge in [0.05, 0.1) is 0 Å². The molecule has 0 bridgehead atoms. The Hall–Kier alpha value is -0.370. The van der Waals surface area contributed by atoms with E-state index in [-0.39, 0.29) is 5.54 Å². The second-order valence-electron chi connectivity index (χ2n) is 3.58. The molecule has 0 aromatic carbocycles. The van der Waals surface area contributed by atoms with Gasteiger partial charge in [0, 0.05) is 18.4 Å². The van der Waals surface area contributed by atoms with Gasteiger partial charge in [-0.2, -0.15) is 0 Å². The molecular weight excluding hydrogens is 126 g/mol. The fourth-order valence-corrected chi connectivity index (χ4v) is 1.48. The molecule has 0 aromatic rings. The zero-order chi connectivity index (χ0) is 7.61. The van der Waals surface area contributed by atoms with Crippen LogP contribution in [0.15, 0.2) is 0 Å². The third kappa shape index (κ3) is 2.10. The predicted octanol–water partition coefficient (Wildman–Crippen LogP) is 1.24. The van der Waals surface area contributed by atoms with Crippen molar-refractivity contribution in [2.45, 2.75) is 44.6 Å². The van der Waals surface area contributed by atoms with E-state index >= 15 is 0 Å². The van der Waals surface area contributed by atoms with Crippen LogP contribution in [0.3, 0.4) is 0 Å². The molecule has 1 unspecified atom stereocenters. The lowest BCUT2D eigenvalue weighted by Crippen LogP contribution is -2.37. The van der Waals surface area contributed by atoms with Crippen LogP contribution in [0.2, 0.25) is 0 Å². The molecule has 1 aliphatic carbocycles. The maximum absolute atomic E-state index is 11.0. The van der Waals surface area contributed by atoms with Gasteiger partial charge in [0.2, 0.25) is 0 Å². The first-order chi connectivity index (χ1) is 4.60.